The molecule has 1 unspecified atom stereocenters. The summed E-state index contributed by atoms with van der Waals surface area (Å²) in [6, 6.07) is 6.99. The number of rotatable bonds is 11. The molecule has 0 aliphatic carbocycles. The third-order valence-electron chi connectivity index (χ3n) is 5.24. The fraction of sp³-hybridized carbons (Fsp3) is 0.565. The highest BCUT2D eigenvalue weighted by Gasteiger charge is 2.13. The molecule has 2 nitrogen and oxygen atoms in total. The van der Waals surface area contributed by atoms with Gasteiger partial charge in [0.2, 0.25) is 0 Å². The number of hydrogen-bond acceptors (Lipinski definition) is 2. The van der Waals surface area contributed by atoms with E-state index in [4.69, 9.17) is 5.73 Å². The molecule has 0 aromatic heterocycles. The number of hydrogen-bond donors (Lipinski definition) is 1. The van der Waals surface area contributed by atoms with Crippen LogP contribution in [0.3, 0.4) is 0 Å². The van der Waals surface area contributed by atoms with Gasteiger partial charge in [0.1, 0.15) is 0 Å². The molecule has 0 fully saturated rings. The summed E-state index contributed by atoms with van der Waals surface area (Å²) >= 11 is 0. The maximum absolute atomic E-state index is 6.32. The van der Waals surface area contributed by atoms with E-state index in [1.165, 1.54) is 28.0 Å². The van der Waals surface area contributed by atoms with E-state index in [0.29, 0.717) is 0 Å². The summed E-state index contributed by atoms with van der Waals surface area (Å²) in [5, 5.41) is 0. The summed E-state index contributed by atoms with van der Waals surface area (Å²) < 4.78 is 0. The smallest absolute Gasteiger partial charge is 0.0764 e. The van der Waals surface area contributed by atoms with Gasteiger partial charge in [0.15, 0.2) is 0 Å². The first kappa shape index (κ1) is 21.5. The van der Waals surface area contributed by atoms with Crippen molar-refractivity contribution in [2.24, 2.45) is 5.73 Å². The third-order valence-corrected chi connectivity index (χ3v) is 5.24. The zero-order valence-corrected chi connectivity index (χ0v) is 17.1. The molecule has 1 atom stereocenters. The summed E-state index contributed by atoms with van der Waals surface area (Å²) in [5.41, 5.74) is 13.5. The molecular weight excluding hydrogens is 304 g/mol. The predicted molar refractivity (Wildman–Crippen MR) is 112 cm³/mol. The fourth-order valence-electron chi connectivity index (χ4n) is 3.33. The lowest BCUT2D eigenvalue weighted by atomic mass is 9.93. The molecule has 0 aliphatic heterocycles. The van der Waals surface area contributed by atoms with E-state index >= 15 is 0 Å². The minimum atomic E-state index is 0.110. The van der Waals surface area contributed by atoms with Gasteiger partial charge in [0.05, 0.1) is 6.17 Å². The highest BCUT2D eigenvalue weighted by atomic mass is 15.2. The zero-order chi connectivity index (χ0) is 18.8. The van der Waals surface area contributed by atoms with Crippen LogP contribution in [0.5, 0.6) is 0 Å². The fourth-order valence-corrected chi connectivity index (χ4v) is 3.33. The zero-order valence-electron chi connectivity index (χ0n) is 17.1. The van der Waals surface area contributed by atoms with Gasteiger partial charge in [-0.3, -0.25) is 0 Å². The lowest BCUT2D eigenvalue weighted by Crippen LogP contribution is -2.38. The van der Waals surface area contributed by atoms with Crippen molar-refractivity contribution in [2.75, 3.05) is 7.05 Å². The van der Waals surface area contributed by atoms with Gasteiger partial charge in [-0.1, -0.05) is 51.5 Å². The molecule has 0 saturated carbocycles. The summed E-state index contributed by atoms with van der Waals surface area (Å²) in [4.78, 5) is 2.26. The average molecular weight is 343 g/mol. The van der Waals surface area contributed by atoms with E-state index < -0.39 is 0 Å². The Kier molecular flexibility index (Phi) is 9.59. The van der Waals surface area contributed by atoms with Crippen molar-refractivity contribution in [3.63, 3.8) is 0 Å². The number of allylic oxidation sites excluding steroid dienone is 3. The molecule has 0 amide bonds. The van der Waals surface area contributed by atoms with Crippen LogP contribution in [0.25, 0.3) is 0 Å². The van der Waals surface area contributed by atoms with Crippen molar-refractivity contribution in [3.05, 3.63) is 58.8 Å². The molecule has 1 aromatic carbocycles. The second-order valence-corrected chi connectivity index (χ2v) is 6.97. The molecule has 25 heavy (non-hydrogen) atoms. The molecule has 0 saturated heterocycles. The van der Waals surface area contributed by atoms with Gasteiger partial charge in [-0.05, 0) is 67.7 Å². The van der Waals surface area contributed by atoms with Crippen LogP contribution in [-0.4, -0.2) is 18.1 Å². The van der Waals surface area contributed by atoms with Crippen LogP contribution in [0.1, 0.15) is 70.1 Å². The maximum atomic E-state index is 6.32. The highest BCUT2D eigenvalue weighted by molar-refractivity contribution is 5.36. The first-order chi connectivity index (χ1) is 12.0. The molecule has 1 rings (SSSR count). The Balaban J connectivity index is 3.03. The first-order valence-electron chi connectivity index (χ1n) is 9.86. The van der Waals surface area contributed by atoms with Crippen LogP contribution >= 0.6 is 0 Å². The van der Waals surface area contributed by atoms with E-state index in [9.17, 15) is 0 Å². The summed E-state index contributed by atoms with van der Waals surface area (Å²) in [6.07, 6.45) is 9.55. The van der Waals surface area contributed by atoms with Crippen LogP contribution in [0.2, 0.25) is 0 Å². The van der Waals surface area contributed by atoms with Crippen LogP contribution in [0, 0.1) is 0 Å². The Labute approximate surface area is 155 Å². The number of nitrogens with two attached hydrogens (primary N) is 1. The van der Waals surface area contributed by atoms with Gasteiger partial charge >= 0.3 is 0 Å². The molecule has 1 aromatic rings. The van der Waals surface area contributed by atoms with E-state index in [1.807, 2.05) is 6.08 Å². The van der Waals surface area contributed by atoms with E-state index in [1.54, 1.807) is 0 Å². The molecular formula is C23H38N2. The van der Waals surface area contributed by atoms with Gasteiger partial charge in [0.25, 0.3) is 0 Å². The van der Waals surface area contributed by atoms with Crippen molar-refractivity contribution in [1.82, 2.24) is 4.90 Å². The Morgan fingerprint density at radius 3 is 2.52 bits per heavy atom. The Morgan fingerprint density at radius 1 is 1.24 bits per heavy atom. The number of aryl methyl sites for hydroxylation is 2. The molecule has 0 radical (unpaired) electrons. The van der Waals surface area contributed by atoms with Crippen molar-refractivity contribution in [2.45, 2.75) is 78.8 Å². The van der Waals surface area contributed by atoms with Gasteiger partial charge < -0.3 is 10.6 Å². The van der Waals surface area contributed by atoms with Crippen LogP contribution in [-0.2, 0) is 19.3 Å². The van der Waals surface area contributed by atoms with Crippen molar-refractivity contribution in [3.8, 4) is 0 Å². The minimum Gasteiger partial charge on any atom is -0.363 e. The largest absolute Gasteiger partial charge is 0.363 e. The van der Waals surface area contributed by atoms with Gasteiger partial charge in [-0.2, -0.15) is 0 Å². The quantitative estimate of drug-likeness (QED) is 0.418. The second-order valence-electron chi connectivity index (χ2n) is 6.97. The van der Waals surface area contributed by atoms with Crippen LogP contribution in [0.15, 0.2) is 42.1 Å². The second kappa shape index (κ2) is 11.1. The molecule has 2 N–H and O–H groups in total. The first-order valence-corrected chi connectivity index (χ1v) is 9.86. The topological polar surface area (TPSA) is 29.3 Å². The maximum Gasteiger partial charge on any atom is 0.0764 e. The van der Waals surface area contributed by atoms with E-state index in [0.717, 1.165) is 44.9 Å². The lowest BCUT2D eigenvalue weighted by Gasteiger charge is -2.29. The standard InChI is InChI=1S/C23H38N2/c1-7-11-13-19-14-15-22(21(10-4)16-19)17-20(9-3)18(5)25(6)23(24)12-8-2/h7,14-16,23H,1,8-13,17,24H2,2-6H3/b20-18+. The number of benzene rings is 1. The van der Waals surface area contributed by atoms with E-state index in [-0.39, 0.29) is 6.17 Å². The molecule has 140 valence electrons. The average Bonchev–Trinajstić information content (AvgIpc) is 2.63. The summed E-state index contributed by atoms with van der Waals surface area (Å²) in [5.74, 6) is 0. The molecule has 0 aliphatic rings. The van der Waals surface area contributed by atoms with Gasteiger partial charge in [0, 0.05) is 12.7 Å². The van der Waals surface area contributed by atoms with Crippen molar-refractivity contribution in [1.29, 1.82) is 0 Å². The van der Waals surface area contributed by atoms with Crippen LogP contribution < -0.4 is 5.73 Å². The van der Waals surface area contributed by atoms with Crippen molar-refractivity contribution < 1.29 is 0 Å². The van der Waals surface area contributed by atoms with Crippen molar-refractivity contribution >= 4 is 0 Å². The Morgan fingerprint density at radius 2 is 1.96 bits per heavy atom. The summed E-state index contributed by atoms with van der Waals surface area (Å²) in [6.45, 7) is 12.7. The Bertz CT molecular complexity index is 571. The van der Waals surface area contributed by atoms with Gasteiger partial charge in [-0.15, -0.1) is 6.58 Å². The monoisotopic (exact) mass is 342 g/mol. The lowest BCUT2D eigenvalue weighted by molar-refractivity contribution is 0.289. The molecule has 0 spiro atoms. The molecule has 0 bridgehead atoms. The minimum absolute atomic E-state index is 0.110. The number of nitrogens with zero attached hydrogens (tertiary/aromatic N) is 1. The predicted octanol–water partition coefficient (Wildman–Crippen LogP) is 5.61. The van der Waals surface area contributed by atoms with E-state index in [2.05, 4.69) is 64.4 Å². The SMILES string of the molecule is C=CCCc1ccc(C/C(CC)=C(\C)N(C)C(N)CCC)c(CC)c1. The van der Waals surface area contributed by atoms with Gasteiger partial charge in [-0.25, -0.2) is 0 Å². The molecule has 0 heterocycles. The normalized spacial score (nSPS) is 13.4. The van der Waals surface area contributed by atoms with Crippen LogP contribution in [0.4, 0.5) is 0 Å². The molecule has 2 heteroatoms. The highest BCUT2D eigenvalue weighted by Crippen LogP contribution is 2.23. The Hall–Kier alpha value is -1.54. The third kappa shape index (κ3) is 6.36. The summed E-state index contributed by atoms with van der Waals surface area (Å²) in [7, 11) is 2.13.